The van der Waals surface area contributed by atoms with E-state index in [0.717, 1.165) is 25.9 Å². The number of hydrogen-bond acceptors (Lipinski definition) is 5. The quantitative estimate of drug-likeness (QED) is 0.508. The van der Waals surface area contributed by atoms with E-state index in [0.29, 0.717) is 5.69 Å². The van der Waals surface area contributed by atoms with Crippen molar-refractivity contribution in [2.45, 2.75) is 12.8 Å². The fourth-order valence-corrected chi connectivity index (χ4v) is 2.41. The molecule has 0 bridgehead atoms. The van der Waals surface area contributed by atoms with Gasteiger partial charge in [0, 0.05) is 20.1 Å². The minimum Gasteiger partial charge on any atom is -0.393 e. The molecule has 20 heavy (non-hydrogen) atoms. The number of carbonyl (C=O) groups excluding carboxylic acids is 1. The van der Waals surface area contributed by atoms with Gasteiger partial charge in [-0.2, -0.15) is 0 Å². The lowest BCUT2D eigenvalue weighted by atomic mass is 10.2. The van der Waals surface area contributed by atoms with Crippen molar-refractivity contribution in [1.82, 2.24) is 4.90 Å². The Balaban J connectivity index is 2.16. The molecule has 0 saturated carbocycles. The van der Waals surface area contributed by atoms with Gasteiger partial charge >= 0.3 is 5.69 Å². The fraction of sp³-hybridized carbons (Fsp3) is 0.462. The van der Waals surface area contributed by atoms with E-state index in [1.807, 2.05) is 0 Å². The molecule has 1 saturated heterocycles. The van der Waals surface area contributed by atoms with Crippen molar-refractivity contribution < 1.29 is 9.72 Å². The van der Waals surface area contributed by atoms with E-state index >= 15 is 0 Å². The molecule has 1 aromatic carbocycles. The summed E-state index contributed by atoms with van der Waals surface area (Å²) in [7, 11) is 1.66. The number of para-hydroxylation sites is 1. The third-order valence-electron chi connectivity index (χ3n) is 3.47. The second-order valence-electron chi connectivity index (χ2n) is 4.92. The molecule has 1 aliphatic rings. The number of benzene rings is 1. The van der Waals surface area contributed by atoms with Crippen molar-refractivity contribution in [1.29, 1.82) is 0 Å². The van der Waals surface area contributed by atoms with Crippen LogP contribution in [0.25, 0.3) is 0 Å². The van der Waals surface area contributed by atoms with Crippen LogP contribution in [0.1, 0.15) is 12.8 Å². The van der Waals surface area contributed by atoms with Crippen molar-refractivity contribution in [3.8, 4) is 0 Å². The number of nitrogens with zero attached hydrogens (tertiary/aromatic N) is 3. The molecule has 108 valence electrons. The number of anilines is 2. The van der Waals surface area contributed by atoms with Crippen LogP contribution < -0.4 is 10.6 Å². The molecule has 1 amide bonds. The molecule has 2 rings (SSSR count). The molecular weight excluding hydrogens is 260 g/mol. The largest absolute Gasteiger partial charge is 0.393 e. The summed E-state index contributed by atoms with van der Waals surface area (Å²) in [6, 6.07) is 4.73. The van der Waals surface area contributed by atoms with Crippen molar-refractivity contribution in [3.63, 3.8) is 0 Å². The first-order valence-corrected chi connectivity index (χ1v) is 6.52. The standard InChI is InChI=1S/C13H18N4O3/c1-15(9-12(18)16-7-2-3-8-16)11-6-4-5-10(14)13(11)17(19)20/h4-6H,2-3,7-9,14H2,1H3. The van der Waals surface area contributed by atoms with Gasteiger partial charge in [0.2, 0.25) is 5.91 Å². The summed E-state index contributed by atoms with van der Waals surface area (Å²) in [4.78, 5) is 26.0. The Hall–Kier alpha value is -2.31. The molecule has 2 N–H and O–H groups in total. The molecule has 7 nitrogen and oxygen atoms in total. The number of nitrogen functional groups attached to an aromatic ring is 1. The number of nitro benzene ring substituents is 1. The highest BCUT2D eigenvalue weighted by molar-refractivity contribution is 5.84. The van der Waals surface area contributed by atoms with E-state index in [-0.39, 0.29) is 23.8 Å². The first-order chi connectivity index (χ1) is 9.50. The van der Waals surface area contributed by atoms with E-state index in [2.05, 4.69) is 0 Å². The summed E-state index contributed by atoms with van der Waals surface area (Å²) in [5.41, 5.74) is 5.97. The van der Waals surface area contributed by atoms with Crippen molar-refractivity contribution in [3.05, 3.63) is 28.3 Å². The van der Waals surface area contributed by atoms with Gasteiger partial charge in [-0.25, -0.2) is 0 Å². The Morgan fingerprint density at radius 2 is 2.10 bits per heavy atom. The summed E-state index contributed by atoms with van der Waals surface area (Å²) >= 11 is 0. The molecule has 0 aromatic heterocycles. The van der Waals surface area contributed by atoms with Crippen molar-refractivity contribution in [2.24, 2.45) is 0 Å². The van der Waals surface area contributed by atoms with E-state index in [4.69, 9.17) is 5.73 Å². The van der Waals surface area contributed by atoms with Gasteiger partial charge in [-0.15, -0.1) is 0 Å². The molecular formula is C13H18N4O3. The zero-order valence-corrected chi connectivity index (χ0v) is 11.4. The Bertz CT molecular complexity index is 526. The number of nitro groups is 1. The molecule has 1 fully saturated rings. The SMILES string of the molecule is CN(CC(=O)N1CCCC1)c1cccc(N)c1[N+](=O)[O-]. The minimum atomic E-state index is -0.512. The third-order valence-corrected chi connectivity index (χ3v) is 3.47. The van der Waals surface area contributed by atoms with Crippen LogP contribution >= 0.6 is 0 Å². The summed E-state index contributed by atoms with van der Waals surface area (Å²) < 4.78 is 0. The molecule has 1 aliphatic heterocycles. The second-order valence-corrected chi connectivity index (χ2v) is 4.92. The summed E-state index contributed by atoms with van der Waals surface area (Å²) in [6.45, 7) is 1.65. The van der Waals surface area contributed by atoms with Crippen molar-refractivity contribution in [2.75, 3.05) is 37.3 Å². The van der Waals surface area contributed by atoms with Gasteiger partial charge in [-0.05, 0) is 25.0 Å². The van der Waals surface area contributed by atoms with E-state index in [1.165, 1.54) is 6.07 Å². The highest BCUT2D eigenvalue weighted by Crippen LogP contribution is 2.32. The molecule has 0 radical (unpaired) electrons. The number of hydrogen-bond donors (Lipinski definition) is 1. The molecule has 0 aliphatic carbocycles. The van der Waals surface area contributed by atoms with Crippen LogP contribution in [-0.4, -0.2) is 42.4 Å². The highest BCUT2D eigenvalue weighted by atomic mass is 16.6. The van der Waals surface area contributed by atoms with Crippen LogP contribution in [0.15, 0.2) is 18.2 Å². The van der Waals surface area contributed by atoms with Gasteiger partial charge in [-0.3, -0.25) is 14.9 Å². The Labute approximate surface area is 117 Å². The average molecular weight is 278 g/mol. The summed E-state index contributed by atoms with van der Waals surface area (Å²) in [5.74, 6) is -0.0123. The molecule has 0 unspecified atom stereocenters. The van der Waals surface area contributed by atoms with Gasteiger partial charge in [-0.1, -0.05) is 6.07 Å². The fourth-order valence-electron chi connectivity index (χ4n) is 2.41. The number of likely N-dealkylation sites (tertiary alicyclic amines) is 1. The van der Waals surface area contributed by atoms with E-state index < -0.39 is 4.92 Å². The maximum absolute atomic E-state index is 12.1. The Morgan fingerprint density at radius 1 is 1.45 bits per heavy atom. The Morgan fingerprint density at radius 3 is 2.70 bits per heavy atom. The third kappa shape index (κ3) is 2.81. The number of likely N-dealkylation sites (N-methyl/N-ethyl adjacent to an activating group) is 1. The summed E-state index contributed by atoms with van der Waals surface area (Å²) in [5, 5.41) is 11.1. The van der Waals surface area contributed by atoms with Crippen LogP contribution in [-0.2, 0) is 4.79 Å². The lowest BCUT2D eigenvalue weighted by Gasteiger charge is -2.22. The lowest BCUT2D eigenvalue weighted by molar-refractivity contribution is -0.383. The maximum atomic E-state index is 12.1. The first-order valence-electron chi connectivity index (χ1n) is 6.52. The predicted molar refractivity (Wildman–Crippen MR) is 76.6 cm³/mol. The van der Waals surface area contributed by atoms with Gasteiger partial charge < -0.3 is 15.5 Å². The zero-order valence-electron chi connectivity index (χ0n) is 11.4. The van der Waals surface area contributed by atoms with E-state index in [1.54, 1.807) is 29.0 Å². The number of carbonyl (C=O) groups is 1. The topological polar surface area (TPSA) is 92.7 Å². The molecule has 0 spiro atoms. The maximum Gasteiger partial charge on any atom is 0.315 e. The zero-order chi connectivity index (χ0) is 14.7. The van der Waals surface area contributed by atoms with Crippen molar-refractivity contribution >= 4 is 23.0 Å². The van der Waals surface area contributed by atoms with Crippen LogP contribution in [0.2, 0.25) is 0 Å². The average Bonchev–Trinajstić information content (AvgIpc) is 2.91. The van der Waals surface area contributed by atoms with Gasteiger partial charge in [0.25, 0.3) is 0 Å². The van der Waals surface area contributed by atoms with E-state index in [9.17, 15) is 14.9 Å². The number of rotatable bonds is 4. The number of amides is 1. The highest BCUT2D eigenvalue weighted by Gasteiger charge is 2.24. The normalized spacial score (nSPS) is 14.3. The van der Waals surface area contributed by atoms with Crippen LogP contribution in [0.4, 0.5) is 17.1 Å². The molecule has 7 heteroatoms. The smallest absolute Gasteiger partial charge is 0.315 e. The van der Waals surface area contributed by atoms with Crippen LogP contribution in [0.3, 0.4) is 0 Å². The number of nitrogens with two attached hydrogens (primary N) is 1. The van der Waals surface area contributed by atoms with Gasteiger partial charge in [0.05, 0.1) is 11.5 Å². The molecule has 1 aromatic rings. The van der Waals surface area contributed by atoms with Gasteiger partial charge in [0.15, 0.2) is 0 Å². The molecule has 0 atom stereocenters. The van der Waals surface area contributed by atoms with Crippen LogP contribution in [0, 0.1) is 10.1 Å². The summed E-state index contributed by atoms with van der Waals surface area (Å²) in [6.07, 6.45) is 2.04. The van der Waals surface area contributed by atoms with Crippen LogP contribution in [0.5, 0.6) is 0 Å². The monoisotopic (exact) mass is 278 g/mol. The minimum absolute atomic E-state index is 0.0123. The lowest BCUT2D eigenvalue weighted by Crippen LogP contribution is -2.37. The predicted octanol–water partition coefficient (Wildman–Crippen LogP) is 1.24. The van der Waals surface area contributed by atoms with Gasteiger partial charge in [0.1, 0.15) is 11.4 Å². The molecule has 1 heterocycles. The first kappa shape index (κ1) is 14.1. The second kappa shape index (κ2) is 5.77. The Kier molecular flexibility index (Phi) is 4.07.